The smallest absolute Gasteiger partial charge is 0.264 e. The highest BCUT2D eigenvalue weighted by atomic mass is 32.2. The van der Waals surface area contributed by atoms with Crippen molar-refractivity contribution in [3.63, 3.8) is 0 Å². The van der Waals surface area contributed by atoms with Crippen molar-refractivity contribution in [3.05, 3.63) is 56.1 Å². The molecular weight excluding hydrogens is 312 g/mol. The third-order valence-corrected chi connectivity index (χ3v) is 5.26. The van der Waals surface area contributed by atoms with E-state index in [1.807, 2.05) is 37.4 Å². The Morgan fingerprint density at radius 1 is 1.14 bits per heavy atom. The number of hydrogen-bond acceptors (Lipinski definition) is 4. The van der Waals surface area contributed by atoms with Crippen LogP contribution in [0.1, 0.15) is 21.6 Å². The van der Waals surface area contributed by atoms with Crippen molar-refractivity contribution in [2.45, 2.75) is 20.8 Å². The number of amidine groups is 1. The maximum Gasteiger partial charge on any atom is 0.264 e. The minimum absolute atomic E-state index is 0.0821. The molecule has 1 saturated heterocycles. The van der Waals surface area contributed by atoms with Gasteiger partial charge < -0.3 is 5.32 Å². The third kappa shape index (κ3) is 3.15. The second-order valence-electron chi connectivity index (χ2n) is 5.24. The summed E-state index contributed by atoms with van der Waals surface area (Å²) >= 11 is 3.03. The van der Waals surface area contributed by atoms with Crippen LogP contribution in [0.3, 0.4) is 0 Å². The molecule has 112 valence electrons. The van der Waals surface area contributed by atoms with Crippen LogP contribution in [0.15, 0.2) is 39.5 Å². The van der Waals surface area contributed by atoms with E-state index < -0.39 is 0 Å². The standard InChI is InChI=1S/C17H16N2OS2/c1-10-4-5-13(12(3)8-10)18-17-19-16(20)15(22-17)9-14-11(2)6-7-21-14/h4-9H,1-3H3,(H,18,19,20). The zero-order valence-corrected chi connectivity index (χ0v) is 14.3. The first-order valence-corrected chi connectivity index (χ1v) is 8.63. The second kappa shape index (κ2) is 6.10. The molecule has 1 aliphatic rings. The molecule has 1 aromatic heterocycles. The van der Waals surface area contributed by atoms with E-state index in [9.17, 15) is 4.79 Å². The Morgan fingerprint density at radius 2 is 1.95 bits per heavy atom. The van der Waals surface area contributed by atoms with Gasteiger partial charge in [0, 0.05) is 4.88 Å². The number of rotatable bonds is 2. The zero-order valence-electron chi connectivity index (χ0n) is 12.6. The Balaban J connectivity index is 1.87. The quantitative estimate of drug-likeness (QED) is 0.821. The minimum atomic E-state index is -0.0821. The summed E-state index contributed by atoms with van der Waals surface area (Å²) in [5, 5.41) is 5.50. The van der Waals surface area contributed by atoms with Gasteiger partial charge in [0.05, 0.1) is 10.6 Å². The number of carbonyl (C=O) groups excluding carboxylic acids is 1. The number of aryl methyl sites for hydroxylation is 3. The van der Waals surface area contributed by atoms with Crippen LogP contribution in [0.5, 0.6) is 0 Å². The molecule has 0 bridgehead atoms. The molecule has 0 spiro atoms. The molecule has 22 heavy (non-hydrogen) atoms. The Bertz CT molecular complexity index is 803. The van der Waals surface area contributed by atoms with Crippen molar-refractivity contribution in [2.75, 3.05) is 0 Å². The van der Waals surface area contributed by atoms with Gasteiger partial charge in [0.1, 0.15) is 0 Å². The van der Waals surface area contributed by atoms with Crippen LogP contribution in [0.2, 0.25) is 0 Å². The molecule has 0 radical (unpaired) electrons. The molecule has 1 amide bonds. The number of amides is 1. The summed E-state index contributed by atoms with van der Waals surface area (Å²) in [6.45, 7) is 6.13. The molecule has 1 N–H and O–H groups in total. The molecule has 2 aromatic rings. The fraction of sp³-hybridized carbons (Fsp3) is 0.176. The summed E-state index contributed by atoms with van der Waals surface area (Å²) in [4.78, 5) is 18.4. The number of aliphatic imine (C=N–C) groups is 1. The number of nitrogens with one attached hydrogen (secondary N) is 1. The van der Waals surface area contributed by atoms with Gasteiger partial charge in [-0.2, -0.15) is 0 Å². The number of nitrogens with zero attached hydrogens (tertiary/aromatic N) is 1. The first-order chi connectivity index (χ1) is 10.5. The van der Waals surface area contributed by atoms with E-state index in [2.05, 4.69) is 29.4 Å². The first-order valence-electron chi connectivity index (χ1n) is 6.94. The molecule has 0 aliphatic carbocycles. The summed E-state index contributed by atoms with van der Waals surface area (Å²) < 4.78 is 0. The highest BCUT2D eigenvalue weighted by Crippen LogP contribution is 2.31. The summed E-state index contributed by atoms with van der Waals surface area (Å²) in [5.74, 6) is -0.0821. The van der Waals surface area contributed by atoms with Gasteiger partial charge in [-0.25, -0.2) is 4.99 Å². The zero-order chi connectivity index (χ0) is 15.7. The first kappa shape index (κ1) is 15.1. The number of thioether (sulfide) groups is 1. The van der Waals surface area contributed by atoms with Crippen LogP contribution in [0.4, 0.5) is 5.69 Å². The van der Waals surface area contributed by atoms with Gasteiger partial charge >= 0.3 is 0 Å². The van der Waals surface area contributed by atoms with Crippen molar-refractivity contribution in [3.8, 4) is 0 Å². The van der Waals surface area contributed by atoms with E-state index in [-0.39, 0.29) is 5.91 Å². The lowest BCUT2D eigenvalue weighted by atomic mass is 10.1. The lowest BCUT2D eigenvalue weighted by molar-refractivity contribution is -0.115. The summed E-state index contributed by atoms with van der Waals surface area (Å²) in [7, 11) is 0. The van der Waals surface area contributed by atoms with Crippen molar-refractivity contribution in [2.24, 2.45) is 4.99 Å². The van der Waals surface area contributed by atoms with Gasteiger partial charge in [-0.15, -0.1) is 11.3 Å². The van der Waals surface area contributed by atoms with Crippen molar-refractivity contribution < 1.29 is 4.79 Å². The second-order valence-corrected chi connectivity index (χ2v) is 7.22. The molecule has 3 nitrogen and oxygen atoms in total. The molecule has 5 heteroatoms. The van der Waals surface area contributed by atoms with E-state index in [1.54, 1.807) is 11.3 Å². The summed E-state index contributed by atoms with van der Waals surface area (Å²) in [6.07, 6.45) is 1.94. The van der Waals surface area contributed by atoms with Gasteiger partial charge in [0.2, 0.25) is 0 Å². The Morgan fingerprint density at radius 3 is 2.64 bits per heavy atom. The number of carbonyl (C=O) groups is 1. The van der Waals surface area contributed by atoms with Gasteiger partial charge in [-0.05, 0) is 67.2 Å². The molecule has 3 rings (SSSR count). The minimum Gasteiger partial charge on any atom is -0.300 e. The Labute approximate surface area is 138 Å². The monoisotopic (exact) mass is 328 g/mol. The largest absolute Gasteiger partial charge is 0.300 e. The van der Waals surface area contributed by atoms with Crippen LogP contribution < -0.4 is 5.32 Å². The highest BCUT2D eigenvalue weighted by molar-refractivity contribution is 8.18. The molecule has 0 saturated carbocycles. The topological polar surface area (TPSA) is 41.5 Å². The Kier molecular flexibility index (Phi) is 4.18. The average Bonchev–Trinajstić information content (AvgIpc) is 3.01. The normalized spacial score (nSPS) is 18.2. The highest BCUT2D eigenvalue weighted by Gasteiger charge is 2.24. The van der Waals surface area contributed by atoms with E-state index in [0.29, 0.717) is 10.1 Å². The predicted octanol–water partition coefficient (Wildman–Crippen LogP) is 4.56. The molecule has 2 heterocycles. The molecule has 0 unspecified atom stereocenters. The lowest BCUT2D eigenvalue weighted by Crippen LogP contribution is -2.19. The van der Waals surface area contributed by atoms with Crippen LogP contribution in [-0.2, 0) is 4.79 Å². The number of thiophene rings is 1. The van der Waals surface area contributed by atoms with Crippen LogP contribution in [0, 0.1) is 20.8 Å². The van der Waals surface area contributed by atoms with E-state index in [1.165, 1.54) is 22.9 Å². The molecule has 1 aromatic carbocycles. The van der Waals surface area contributed by atoms with Crippen LogP contribution in [0.25, 0.3) is 6.08 Å². The van der Waals surface area contributed by atoms with Crippen molar-refractivity contribution in [1.82, 2.24) is 5.32 Å². The van der Waals surface area contributed by atoms with E-state index in [0.717, 1.165) is 16.1 Å². The molecule has 0 atom stereocenters. The van der Waals surface area contributed by atoms with E-state index >= 15 is 0 Å². The van der Waals surface area contributed by atoms with E-state index in [4.69, 9.17) is 0 Å². The Hall–Kier alpha value is -1.85. The van der Waals surface area contributed by atoms with Gasteiger partial charge in [-0.1, -0.05) is 17.7 Å². The SMILES string of the molecule is Cc1ccc(N=C2NC(=O)C(=Cc3sccc3C)S2)c(C)c1. The summed E-state index contributed by atoms with van der Waals surface area (Å²) in [6, 6.07) is 8.15. The van der Waals surface area contributed by atoms with Crippen LogP contribution >= 0.6 is 23.1 Å². The number of benzene rings is 1. The van der Waals surface area contributed by atoms with Gasteiger partial charge in [-0.3, -0.25) is 4.79 Å². The fourth-order valence-corrected chi connectivity index (χ4v) is 3.92. The molecule has 1 aliphatic heterocycles. The summed E-state index contributed by atoms with van der Waals surface area (Å²) in [5.41, 5.74) is 4.39. The molecular formula is C17H16N2OS2. The van der Waals surface area contributed by atoms with Crippen molar-refractivity contribution in [1.29, 1.82) is 0 Å². The maximum absolute atomic E-state index is 12.1. The fourth-order valence-electron chi connectivity index (χ4n) is 2.17. The lowest BCUT2D eigenvalue weighted by Gasteiger charge is -2.02. The van der Waals surface area contributed by atoms with Gasteiger partial charge in [0.25, 0.3) is 5.91 Å². The van der Waals surface area contributed by atoms with Crippen molar-refractivity contribution >= 4 is 45.9 Å². The van der Waals surface area contributed by atoms with Gasteiger partial charge in [0.15, 0.2) is 5.17 Å². The third-order valence-electron chi connectivity index (χ3n) is 3.39. The predicted molar refractivity (Wildman–Crippen MR) is 95.8 cm³/mol. The molecule has 1 fully saturated rings. The van der Waals surface area contributed by atoms with Crippen LogP contribution in [-0.4, -0.2) is 11.1 Å². The number of hydrogen-bond donors (Lipinski definition) is 1. The average molecular weight is 328 g/mol. The maximum atomic E-state index is 12.1.